The maximum Gasteiger partial charge on any atom is 0.0881 e. The molecule has 15 heavy (non-hydrogen) atoms. The van der Waals surface area contributed by atoms with E-state index in [2.05, 4.69) is 4.98 Å². The highest BCUT2D eigenvalue weighted by Crippen LogP contribution is 2.18. The van der Waals surface area contributed by atoms with Crippen LogP contribution in [-0.2, 0) is 7.05 Å². The third-order valence-corrected chi connectivity index (χ3v) is 2.62. The predicted octanol–water partition coefficient (Wildman–Crippen LogP) is 0.956. The molecule has 80 valence electrons. The number of nitrogens with two attached hydrogens (primary N) is 1. The molecule has 0 bridgehead atoms. The van der Waals surface area contributed by atoms with Gasteiger partial charge in [-0.25, -0.2) is 0 Å². The van der Waals surface area contributed by atoms with Gasteiger partial charge in [0, 0.05) is 32.1 Å². The summed E-state index contributed by atoms with van der Waals surface area (Å²) in [5.74, 6) is 0. The molecule has 2 aromatic rings. The zero-order valence-corrected chi connectivity index (χ0v) is 8.72. The van der Waals surface area contributed by atoms with Crippen molar-refractivity contribution in [2.45, 2.75) is 12.5 Å². The van der Waals surface area contributed by atoms with Crippen molar-refractivity contribution in [3.05, 3.63) is 30.1 Å². The van der Waals surface area contributed by atoms with E-state index in [0.717, 1.165) is 16.6 Å². The average molecular weight is 205 g/mol. The Labute approximate surface area is 88.3 Å². The molecule has 0 radical (unpaired) electrons. The Hall–Kier alpha value is -1.39. The lowest BCUT2D eigenvalue weighted by atomic mass is 10.1. The van der Waals surface area contributed by atoms with Crippen LogP contribution in [-0.4, -0.2) is 21.3 Å². The number of aryl methyl sites for hydroxylation is 1. The third kappa shape index (κ3) is 1.86. The van der Waals surface area contributed by atoms with E-state index in [1.165, 1.54) is 0 Å². The average Bonchev–Trinajstić information content (AvgIpc) is 2.60. The van der Waals surface area contributed by atoms with Crippen molar-refractivity contribution in [2.75, 3.05) is 6.61 Å². The quantitative estimate of drug-likeness (QED) is 0.784. The van der Waals surface area contributed by atoms with Crippen LogP contribution in [0.2, 0.25) is 0 Å². The fourth-order valence-corrected chi connectivity index (χ4v) is 1.66. The smallest absolute Gasteiger partial charge is 0.0881 e. The Bertz CT molecular complexity index is 464. The van der Waals surface area contributed by atoms with E-state index in [-0.39, 0.29) is 12.6 Å². The van der Waals surface area contributed by atoms with Crippen LogP contribution in [0, 0.1) is 0 Å². The van der Waals surface area contributed by atoms with Crippen molar-refractivity contribution in [1.82, 2.24) is 9.55 Å². The molecule has 0 aliphatic rings. The van der Waals surface area contributed by atoms with Crippen molar-refractivity contribution in [3.8, 4) is 0 Å². The second-order valence-corrected chi connectivity index (χ2v) is 3.72. The van der Waals surface area contributed by atoms with Gasteiger partial charge in [-0.1, -0.05) is 0 Å². The SMILES string of the molecule is Cn1ccc2ncc(C(N)CCO)cc21. The van der Waals surface area contributed by atoms with E-state index in [4.69, 9.17) is 10.8 Å². The number of rotatable bonds is 3. The number of aromatic nitrogens is 2. The molecule has 0 spiro atoms. The summed E-state index contributed by atoms with van der Waals surface area (Å²) < 4.78 is 2.01. The number of aliphatic hydroxyl groups excluding tert-OH is 1. The van der Waals surface area contributed by atoms with Crippen molar-refractivity contribution in [3.63, 3.8) is 0 Å². The Morgan fingerprint density at radius 2 is 2.40 bits per heavy atom. The molecule has 1 atom stereocenters. The van der Waals surface area contributed by atoms with Crippen LogP contribution in [0.15, 0.2) is 24.5 Å². The molecule has 0 aliphatic heterocycles. The normalized spacial score (nSPS) is 13.3. The number of hydrogen-bond donors (Lipinski definition) is 2. The Morgan fingerprint density at radius 3 is 3.13 bits per heavy atom. The molecule has 3 N–H and O–H groups in total. The summed E-state index contributed by atoms with van der Waals surface area (Å²) in [6.45, 7) is 0.104. The molecule has 0 amide bonds. The van der Waals surface area contributed by atoms with E-state index in [9.17, 15) is 0 Å². The number of nitrogens with zero attached hydrogens (tertiary/aromatic N) is 2. The number of aliphatic hydroxyl groups is 1. The standard InChI is InChI=1S/C11H15N3O/c1-14-4-2-10-11(14)6-8(7-13-10)9(12)3-5-15/h2,4,6-7,9,15H,3,5,12H2,1H3. The van der Waals surface area contributed by atoms with E-state index in [1.807, 2.05) is 29.9 Å². The predicted molar refractivity (Wildman–Crippen MR) is 59.3 cm³/mol. The Morgan fingerprint density at radius 1 is 1.60 bits per heavy atom. The van der Waals surface area contributed by atoms with E-state index >= 15 is 0 Å². The minimum Gasteiger partial charge on any atom is -0.396 e. The van der Waals surface area contributed by atoms with Crippen LogP contribution in [0.1, 0.15) is 18.0 Å². The first-order valence-electron chi connectivity index (χ1n) is 5.00. The van der Waals surface area contributed by atoms with Gasteiger partial charge >= 0.3 is 0 Å². The van der Waals surface area contributed by atoms with Crippen LogP contribution in [0.4, 0.5) is 0 Å². The van der Waals surface area contributed by atoms with Gasteiger partial charge in [-0.2, -0.15) is 0 Å². The highest BCUT2D eigenvalue weighted by atomic mass is 16.3. The molecule has 2 aromatic heterocycles. The molecule has 2 heterocycles. The topological polar surface area (TPSA) is 64.1 Å². The number of pyridine rings is 1. The summed E-state index contributed by atoms with van der Waals surface area (Å²) in [5, 5.41) is 8.82. The molecular weight excluding hydrogens is 190 g/mol. The first-order valence-corrected chi connectivity index (χ1v) is 5.00. The highest BCUT2D eigenvalue weighted by molar-refractivity contribution is 5.76. The first kappa shape index (κ1) is 10.1. The lowest BCUT2D eigenvalue weighted by molar-refractivity contribution is 0.276. The highest BCUT2D eigenvalue weighted by Gasteiger charge is 2.07. The van der Waals surface area contributed by atoms with Crippen LogP contribution in [0.25, 0.3) is 11.0 Å². The largest absolute Gasteiger partial charge is 0.396 e. The monoisotopic (exact) mass is 205 g/mol. The summed E-state index contributed by atoms with van der Waals surface area (Å²) in [6, 6.07) is 3.86. The second-order valence-electron chi connectivity index (χ2n) is 3.72. The van der Waals surface area contributed by atoms with E-state index in [1.54, 1.807) is 6.20 Å². The fraction of sp³-hybridized carbons (Fsp3) is 0.364. The molecule has 0 fully saturated rings. The van der Waals surface area contributed by atoms with Crippen molar-refractivity contribution < 1.29 is 5.11 Å². The van der Waals surface area contributed by atoms with E-state index in [0.29, 0.717) is 6.42 Å². The Kier molecular flexibility index (Phi) is 2.70. The molecule has 0 aromatic carbocycles. The molecule has 2 rings (SSSR count). The van der Waals surface area contributed by atoms with Gasteiger partial charge in [0.25, 0.3) is 0 Å². The zero-order chi connectivity index (χ0) is 10.8. The minimum absolute atomic E-state index is 0.104. The first-order chi connectivity index (χ1) is 7.22. The fourth-order valence-electron chi connectivity index (χ4n) is 1.66. The summed E-state index contributed by atoms with van der Waals surface area (Å²) in [5.41, 5.74) is 8.92. The molecule has 0 saturated carbocycles. The molecule has 4 heteroatoms. The van der Waals surface area contributed by atoms with Crippen LogP contribution in [0.5, 0.6) is 0 Å². The van der Waals surface area contributed by atoms with Crippen LogP contribution in [0.3, 0.4) is 0 Å². The lowest BCUT2D eigenvalue weighted by Gasteiger charge is -2.10. The van der Waals surface area contributed by atoms with Gasteiger partial charge in [-0.15, -0.1) is 0 Å². The lowest BCUT2D eigenvalue weighted by Crippen LogP contribution is -2.12. The van der Waals surface area contributed by atoms with Crippen LogP contribution >= 0.6 is 0 Å². The molecule has 4 nitrogen and oxygen atoms in total. The summed E-state index contributed by atoms with van der Waals surface area (Å²) in [7, 11) is 1.98. The van der Waals surface area contributed by atoms with Gasteiger partial charge in [-0.3, -0.25) is 4.98 Å². The van der Waals surface area contributed by atoms with E-state index < -0.39 is 0 Å². The molecule has 1 unspecified atom stereocenters. The van der Waals surface area contributed by atoms with Crippen molar-refractivity contribution in [1.29, 1.82) is 0 Å². The van der Waals surface area contributed by atoms with Gasteiger partial charge in [-0.05, 0) is 24.1 Å². The van der Waals surface area contributed by atoms with Gasteiger partial charge in [0.1, 0.15) is 0 Å². The van der Waals surface area contributed by atoms with Gasteiger partial charge in [0.2, 0.25) is 0 Å². The third-order valence-electron chi connectivity index (χ3n) is 2.62. The number of fused-ring (bicyclic) bond motifs is 1. The van der Waals surface area contributed by atoms with Gasteiger partial charge < -0.3 is 15.4 Å². The van der Waals surface area contributed by atoms with Gasteiger partial charge in [0.05, 0.1) is 11.0 Å². The molecule has 0 aliphatic carbocycles. The zero-order valence-electron chi connectivity index (χ0n) is 8.72. The van der Waals surface area contributed by atoms with Gasteiger partial charge in [0.15, 0.2) is 0 Å². The minimum atomic E-state index is -0.137. The van der Waals surface area contributed by atoms with Crippen LogP contribution < -0.4 is 5.73 Å². The Balaban J connectivity index is 2.41. The molecule has 0 saturated heterocycles. The maximum atomic E-state index is 8.82. The van der Waals surface area contributed by atoms with Crippen molar-refractivity contribution >= 4 is 11.0 Å². The molecular formula is C11H15N3O. The van der Waals surface area contributed by atoms with Crippen molar-refractivity contribution in [2.24, 2.45) is 12.8 Å². The number of hydrogen-bond acceptors (Lipinski definition) is 3. The summed E-state index contributed by atoms with van der Waals surface area (Å²) >= 11 is 0. The maximum absolute atomic E-state index is 8.82. The summed E-state index contributed by atoms with van der Waals surface area (Å²) in [6.07, 6.45) is 4.32. The summed E-state index contributed by atoms with van der Waals surface area (Å²) in [4.78, 5) is 4.32. The second kappa shape index (κ2) is 4.00.